The van der Waals surface area contributed by atoms with E-state index in [0.717, 1.165) is 6.42 Å². The monoisotopic (exact) mass is 146 g/mol. The minimum absolute atomic E-state index is 0.612. The van der Waals surface area contributed by atoms with Crippen LogP contribution in [0.2, 0.25) is 0 Å². The van der Waals surface area contributed by atoms with Crippen LogP contribution >= 0.6 is 0 Å². The second kappa shape index (κ2) is 5.56. The number of allylic oxidation sites excluding steroid dienone is 2. The number of hydrogen-bond donors (Lipinski definition) is 0. The summed E-state index contributed by atoms with van der Waals surface area (Å²) in [4.78, 5) is 0. The van der Waals surface area contributed by atoms with Gasteiger partial charge in [-0.25, -0.2) is 0 Å². The first-order valence-electron chi connectivity index (χ1n) is 2.80. The molecule has 0 bridgehead atoms. The van der Waals surface area contributed by atoms with Crippen LogP contribution in [0.3, 0.4) is 0 Å². The normalized spacial score (nSPS) is 9.89. The molecule has 0 N–H and O–H groups in total. The first-order valence-corrected chi connectivity index (χ1v) is 3.93. The van der Waals surface area contributed by atoms with Gasteiger partial charge in [-0.2, -0.15) is 8.42 Å². The van der Waals surface area contributed by atoms with Gasteiger partial charge in [0.15, 0.2) is 0 Å². The van der Waals surface area contributed by atoms with E-state index >= 15 is 0 Å². The maximum atomic E-state index is 9.88. The zero-order chi connectivity index (χ0) is 7.11. The summed E-state index contributed by atoms with van der Waals surface area (Å²) in [6.07, 6.45) is 5.26. The maximum Gasteiger partial charge on any atom is 0.209 e. The lowest BCUT2D eigenvalue weighted by atomic mass is 10.3. The van der Waals surface area contributed by atoms with E-state index in [1.165, 1.54) is 5.37 Å². The Morgan fingerprint density at radius 1 is 1.33 bits per heavy atom. The van der Waals surface area contributed by atoms with Crippen molar-refractivity contribution in [3.63, 3.8) is 0 Å². The van der Waals surface area contributed by atoms with Gasteiger partial charge in [0.05, 0.1) is 0 Å². The molecule has 0 aliphatic heterocycles. The zero-order valence-electron chi connectivity index (χ0n) is 5.37. The van der Waals surface area contributed by atoms with Crippen LogP contribution in [0.5, 0.6) is 0 Å². The lowest BCUT2D eigenvalue weighted by Crippen LogP contribution is -1.73. The van der Waals surface area contributed by atoms with Crippen LogP contribution in [-0.4, -0.2) is 13.8 Å². The highest BCUT2D eigenvalue weighted by Crippen LogP contribution is 1.85. The molecule has 0 radical (unpaired) electrons. The zero-order valence-corrected chi connectivity index (χ0v) is 6.19. The minimum Gasteiger partial charge on any atom is -0.185 e. The van der Waals surface area contributed by atoms with Crippen molar-refractivity contribution in [2.24, 2.45) is 0 Å². The van der Waals surface area contributed by atoms with Crippen molar-refractivity contribution in [2.45, 2.75) is 19.8 Å². The molecule has 52 valence electrons. The van der Waals surface area contributed by atoms with E-state index in [1.807, 2.05) is 19.1 Å². The number of rotatable bonds is 3. The van der Waals surface area contributed by atoms with E-state index in [4.69, 9.17) is 0 Å². The summed E-state index contributed by atoms with van der Waals surface area (Å²) >= 11 is 0. The predicted octanol–water partition coefficient (Wildman–Crippen LogP) is 1.02. The van der Waals surface area contributed by atoms with Gasteiger partial charge in [-0.3, -0.25) is 0 Å². The van der Waals surface area contributed by atoms with Gasteiger partial charge < -0.3 is 0 Å². The molecule has 0 saturated heterocycles. The van der Waals surface area contributed by atoms with Crippen LogP contribution in [0, 0.1) is 0 Å². The summed E-state index contributed by atoms with van der Waals surface area (Å²) in [7, 11) is -1.98. The molecule has 9 heavy (non-hydrogen) atoms. The summed E-state index contributed by atoms with van der Waals surface area (Å²) in [5, 5.41) is 1.26. The fourth-order valence-electron chi connectivity index (χ4n) is 0.427. The van der Waals surface area contributed by atoms with Gasteiger partial charge >= 0.3 is 0 Å². The average molecular weight is 146 g/mol. The Balaban J connectivity index is 3.43. The Morgan fingerprint density at radius 2 is 2.00 bits per heavy atom. The SMILES string of the molecule is CC=CCCC=S(=O)=O. The molecule has 0 saturated carbocycles. The van der Waals surface area contributed by atoms with Crippen molar-refractivity contribution < 1.29 is 8.42 Å². The lowest BCUT2D eigenvalue weighted by Gasteiger charge is -1.78. The Morgan fingerprint density at radius 3 is 2.44 bits per heavy atom. The minimum atomic E-state index is -1.98. The van der Waals surface area contributed by atoms with E-state index in [2.05, 4.69) is 0 Å². The van der Waals surface area contributed by atoms with Crippen LogP contribution in [-0.2, 0) is 10.3 Å². The van der Waals surface area contributed by atoms with E-state index in [0.29, 0.717) is 6.42 Å². The first kappa shape index (κ1) is 8.43. The highest BCUT2D eigenvalue weighted by atomic mass is 32.2. The van der Waals surface area contributed by atoms with Crippen molar-refractivity contribution in [1.29, 1.82) is 0 Å². The highest BCUT2D eigenvalue weighted by molar-refractivity contribution is 7.71. The average Bonchev–Trinajstić information content (AvgIpc) is 1.80. The molecular weight excluding hydrogens is 136 g/mol. The number of hydrogen-bond acceptors (Lipinski definition) is 2. The molecule has 0 aromatic rings. The van der Waals surface area contributed by atoms with Crippen molar-refractivity contribution in [2.75, 3.05) is 0 Å². The first-order chi connectivity index (χ1) is 4.27. The van der Waals surface area contributed by atoms with Gasteiger partial charge in [0.25, 0.3) is 0 Å². The maximum absolute atomic E-state index is 9.88. The Labute approximate surface area is 56.7 Å². The van der Waals surface area contributed by atoms with Gasteiger partial charge in [-0.1, -0.05) is 12.2 Å². The molecule has 0 aliphatic carbocycles. The standard InChI is InChI=1S/C6H10O2S/c1-2-3-4-5-6-9(7)8/h2-3,6H,4-5H2,1H3. The van der Waals surface area contributed by atoms with Gasteiger partial charge in [0, 0.05) is 5.37 Å². The Kier molecular flexibility index (Phi) is 5.21. The van der Waals surface area contributed by atoms with Crippen LogP contribution in [0.4, 0.5) is 0 Å². The molecule has 0 aromatic carbocycles. The molecule has 0 heterocycles. The Hall–Kier alpha value is -0.570. The predicted molar refractivity (Wildman–Crippen MR) is 39.0 cm³/mol. The van der Waals surface area contributed by atoms with Crippen LogP contribution in [0.1, 0.15) is 19.8 Å². The number of unbranched alkanes of at least 4 members (excludes halogenated alkanes) is 1. The molecule has 0 aliphatic rings. The highest BCUT2D eigenvalue weighted by Gasteiger charge is 1.74. The fourth-order valence-corrected chi connectivity index (χ4v) is 0.756. The van der Waals surface area contributed by atoms with Crippen LogP contribution in [0.15, 0.2) is 12.2 Å². The summed E-state index contributed by atoms with van der Waals surface area (Å²) in [5.74, 6) is 0. The second-order valence-corrected chi connectivity index (χ2v) is 2.43. The van der Waals surface area contributed by atoms with Gasteiger partial charge in [-0.05, 0) is 19.8 Å². The fraction of sp³-hybridized carbons (Fsp3) is 0.500. The molecule has 0 rings (SSSR count). The molecular formula is C6H10O2S. The largest absolute Gasteiger partial charge is 0.209 e. The van der Waals surface area contributed by atoms with Crippen LogP contribution < -0.4 is 0 Å². The van der Waals surface area contributed by atoms with Gasteiger partial charge in [-0.15, -0.1) is 0 Å². The molecule has 3 heteroatoms. The molecule has 0 amide bonds. The quantitative estimate of drug-likeness (QED) is 0.338. The third-order valence-corrected chi connectivity index (χ3v) is 1.33. The molecule has 0 unspecified atom stereocenters. The summed E-state index contributed by atoms with van der Waals surface area (Å²) in [5.41, 5.74) is 0. The Bertz CT molecular complexity index is 191. The molecule has 2 nitrogen and oxygen atoms in total. The topological polar surface area (TPSA) is 34.1 Å². The van der Waals surface area contributed by atoms with Crippen LogP contribution in [0.25, 0.3) is 0 Å². The summed E-state index contributed by atoms with van der Waals surface area (Å²) in [6.45, 7) is 1.91. The molecule has 0 aromatic heterocycles. The van der Waals surface area contributed by atoms with Crippen molar-refractivity contribution in [1.82, 2.24) is 0 Å². The third-order valence-electron chi connectivity index (χ3n) is 0.823. The third kappa shape index (κ3) is 7.43. The summed E-state index contributed by atoms with van der Waals surface area (Å²) in [6, 6.07) is 0. The molecule has 0 fully saturated rings. The van der Waals surface area contributed by atoms with Crippen molar-refractivity contribution in [3.8, 4) is 0 Å². The lowest BCUT2D eigenvalue weighted by molar-refractivity contribution is 0.627. The van der Waals surface area contributed by atoms with Crippen molar-refractivity contribution >= 4 is 15.7 Å². The van der Waals surface area contributed by atoms with Gasteiger partial charge in [0.1, 0.15) is 0 Å². The summed E-state index contributed by atoms with van der Waals surface area (Å²) < 4.78 is 19.8. The smallest absolute Gasteiger partial charge is 0.185 e. The van der Waals surface area contributed by atoms with E-state index < -0.39 is 10.3 Å². The second-order valence-electron chi connectivity index (χ2n) is 1.57. The van der Waals surface area contributed by atoms with E-state index in [9.17, 15) is 8.42 Å². The van der Waals surface area contributed by atoms with Crippen molar-refractivity contribution in [3.05, 3.63) is 12.2 Å². The van der Waals surface area contributed by atoms with E-state index in [1.54, 1.807) is 0 Å². The van der Waals surface area contributed by atoms with E-state index in [-0.39, 0.29) is 0 Å². The van der Waals surface area contributed by atoms with Gasteiger partial charge in [0.2, 0.25) is 10.3 Å². The molecule has 0 spiro atoms. The molecule has 0 atom stereocenters.